The van der Waals surface area contributed by atoms with E-state index >= 15 is 0 Å². The van der Waals surface area contributed by atoms with E-state index in [0.29, 0.717) is 6.04 Å². The molecule has 5 nitrogen and oxygen atoms in total. The zero-order chi connectivity index (χ0) is 17.5. The molecule has 0 aliphatic carbocycles. The summed E-state index contributed by atoms with van der Waals surface area (Å²) >= 11 is 1.68. The second-order valence-electron chi connectivity index (χ2n) is 6.42. The van der Waals surface area contributed by atoms with E-state index in [0.717, 1.165) is 31.3 Å². The second-order valence-corrected chi connectivity index (χ2v) is 7.36. The first-order valence-electron chi connectivity index (χ1n) is 8.87. The Balaban J connectivity index is 1.48. The van der Waals surface area contributed by atoms with Crippen LogP contribution in [0.2, 0.25) is 0 Å². The number of nitrogens with zero attached hydrogens (tertiary/aromatic N) is 3. The number of thiazole rings is 1. The van der Waals surface area contributed by atoms with Crippen LogP contribution in [-0.4, -0.2) is 42.0 Å². The minimum absolute atomic E-state index is 0.559. The summed E-state index contributed by atoms with van der Waals surface area (Å²) in [6, 6.07) is 11.3. The van der Waals surface area contributed by atoms with E-state index in [2.05, 4.69) is 55.8 Å². The number of aliphatic imine (C=N–C) groups is 1. The Morgan fingerprint density at radius 3 is 2.88 bits per heavy atom. The Morgan fingerprint density at radius 2 is 2.16 bits per heavy atom. The summed E-state index contributed by atoms with van der Waals surface area (Å²) in [5.74, 6) is 0.861. The standard InChI is InChI=1S/C19H27N5S/c1-15-18(25-14-23-15)12-22-19(20-2)21-11-17-9-6-10-24(17)13-16-7-4-3-5-8-16/h3-5,7-8,14,17H,6,9-13H2,1-2H3,(H2,20,21,22). The molecule has 1 unspecified atom stereocenters. The number of aromatic nitrogens is 1. The maximum atomic E-state index is 4.35. The first kappa shape index (κ1) is 17.9. The van der Waals surface area contributed by atoms with E-state index in [1.54, 1.807) is 11.3 Å². The average Bonchev–Trinajstić information content (AvgIpc) is 3.25. The zero-order valence-electron chi connectivity index (χ0n) is 15.0. The number of nitrogens with one attached hydrogen (secondary N) is 2. The molecule has 3 rings (SSSR count). The maximum Gasteiger partial charge on any atom is 0.191 e. The van der Waals surface area contributed by atoms with Gasteiger partial charge < -0.3 is 10.6 Å². The van der Waals surface area contributed by atoms with Crippen LogP contribution in [0, 0.1) is 6.92 Å². The highest BCUT2D eigenvalue weighted by Crippen LogP contribution is 2.19. The van der Waals surface area contributed by atoms with Gasteiger partial charge in [0.25, 0.3) is 0 Å². The predicted molar refractivity (Wildman–Crippen MR) is 105 cm³/mol. The van der Waals surface area contributed by atoms with Crippen molar-refractivity contribution in [1.29, 1.82) is 0 Å². The van der Waals surface area contributed by atoms with Crippen molar-refractivity contribution in [2.45, 2.75) is 38.9 Å². The number of rotatable bonds is 6. The molecule has 0 amide bonds. The van der Waals surface area contributed by atoms with Gasteiger partial charge >= 0.3 is 0 Å². The highest BCUT2D eigenvalue weighted by atomic mass is 32.1. The smallest absolute Gasteiger partial charge is 0.191 e. The van der Waals surface area contributed by atoms with Crippen LogP contribution in [0.4, 0.5) is 0 Å². The Morgan fingerprint density at radius 1 is 1.32 bits per heavy atom. The molecule has 2 N–H and O–H groups in total. The van der Waals surface area contributed by atoms with Gasteiger partial charge in [0.15, 0.2) is 5.96 Å². The van der Waals surface area contributed by atoms with Gasteiger partial charge in [-0.25, -0.2) is 4.98 Å². The lowest BCUT2D eigenvalue weighted by Gasteiger charge is -2.25. The number of likely N-dealkylation sites (tertiary alicyclic amines) is 1. The van der Waals surface area contributed by atoms with Gasteiger partial charge in [-0.15, -0.1) is 11.3 Å². The fraction of sp³-hybridized carbons (Fsp3) is 0.474. The van der Waals surface area contributed by atoms with Crippen molar-refractivity contribution in [3.63, 3.8) is 0 Å². The number of aryl methyl sites for hydroxylation is 1. The van der Waals surface area contributed by atoms with Gasteiger partial charge in [-0.3, -0.25) is 9.89 Å². The Bertz CT molecular complexity index is 682. The largest absolute Gasteiger partial charge is 0.355 e. The first-order valence-corrected chi connectivity index (χ1v) is 9.75. The zero-order valence-corrected chi connectivity index (χ0v) is 15.9. The van der Waals surface area contributed by atoms with Gasteiger partial charge in [0.1, 0.15) is 0 Å². The van der Waals surface area contributed by atoms with E-state index in [9.17, 15) is 0 Å². The van der Waals surface area contributed by atoms with Crippen molar-refractivity contribution in [3.8, 4) is 0 Å². The lowest BCUT2D eigenvalue weighted by Crippen LogP contribution is -2.44. The van der Waals surface area contributed by atoms with Crippen molar-refractivity contribution in [3.05, 3.63) is 52.0 Å². The number of benzene rings is 1. The van der Waals surface area contributed by atoms with Crippen molar-refractivity contribution in [1.82, 2.24) is 20.5 Å². The molecule has 1 aliphatic heterocycles. The van der Waals surface area contributed by atoms with E-state index < -0.39 is 0 Å². The van der Waals surface area contributed by atoms with Gasteiger partial charge in [-0.2, -0.15) is 0 Å². The van der Waals surface area contributed by atoms with Crippen LogP contribution in [-0.2, 0) is 13.1 Å². The normalized spacial score (nSPS) is 18.5. The molecule has 0 saturated carbocycles. The van der Waals surface area contributed by atoms with Crippen LogP contribution in [0.15, 0.2) is 40.8 Å². The molecular weight excluding hydrogens is 330 g/mol. The van der Waals surface area contributed by atoms with Crippen molar-refractivity contribution < 1.29 is 0 Å². The molecule has 6 heteroatoms. The molecule has 1 aromatic heterocycles. The Labute approximate surface area is 154 Å². The van der Waals surface area contributed by atoms with Crippen LogP contribution in [0.25, 0.3) is 0 Å². The average molecular weight is 358 g/mol. The lowest BCUT2D eigenvalue weighted by molar-refractivity contribution is 0.245. The molecule has 25 heavy (non-hydrogen) atoms. The Kier molecular flexibility index (Phi) is 6.42. The van der Waals surface area contributed by atoms with E-state index in [4.69, 9.17) is 0 Å². The van der Waals surface area contributed by atoms with Crippen LogP contribution >= 0.6 is 11.3 Å². The molecule has 2 heterocycles. The maximum absolute atomic E-state index is 4.35. The minimum Gasteiger partial charge on any atom is -0.355 e. The molecule has 1 atom stereocenters. The van der Waals surface area contributed by atoms with Gasteiger partial charge in [0, 0.05) is 31.1 Å². The predicted octanol–water partition coefficient (Wildman–Crippen LogP) is 2.78. The van der Waals surface area contributed by atoms with Crippen LogP contribution in [0.5, 0.6) is 0 Å². The number of hydrogen-bond acceptors (Lipinski definition) is 4. The fourth-order valence-electron chi connectivity index (χ4n) is 3.25. The molecule has 134 valence electrons. The third-order valence-corrected chi connectivity index (χ3v) is 5.65. The molecule has 1 aliphatic rings. The monoisotopic (exact) mass is 357 g/mol. The number of hydrogen-bond donors (Lipinski definition) is 2. The van der Waals surface area contributed by atoms with Crippen molar-refractivity contribution in [2.75, 3.05) is 20.1 Å². The molecule has 1 aromatic carbocycles. The van der Waals surface area contributed by atoms with E-state index in [-0.39, 0.29) is 0 Å². The van der Waals surface area contributed by atoms with E-state index in [1.807, 2.05) is 19.5 Å². The SMILES string of the molecule is CN=C(NCc1scnc1C)NCC1CCCN1Cc1ccccc1. The number of guanidine groups is 1. The third kappa shape index (κ3) is 5.03. The summed E-state index contributed by atoms with van der Waals surface area (Å²) in [5.41, 5.74) is 4.37. The summed E-state index contributed by atoms with van der Waals surface area (Å²) in [6.07, 6.45) is 2.51. The molecule has 2 aromatic rings. The minimum atomic E-state index is 0.559. The van der Waals surface area contributed by atoms with Gasteiger partial charge in [0.05, 0.1) is 17.7 Å². The lowest BCUT2D eigenvalue weighted by atomic mass is 10.2. The topological polar surface area (TPSA) is 52.6 Å². The molecule has 0 spiro atoms. The molecule has 1 fully saturated rings. The summed E-state index contributed by atoms with van der Waals surface area (Å²) in [4.78, 5) is 12.5. The van der Waals surface area contributed by atoms with E-state index in [1.165, 1.54) is 29.8 Å². The summed E-state index contributed by atoms with van der Waals surface area (Å²) in [7, 11) is 1.82. The third-order valence-electron chi connectivity index (χ3n) is 4.72. The molecule has 0 bridgehead atoms. The Hall–Kier alpha value is -1.92. The van der Waals surface area contributed by atoms with Crippen LogP contribution in [0.1, 0.15) is 29.0 Å². The molecule has 0 radical (unpaired) electrons. The van der Waals surface area contributed by atoms with Crippen LogP contribution < -0.4 is 10.6 Å². The second kappa shape index (κ2) is 8.97. The highest BCUT2D eigenvalue weighted by Gasteiger charge is 2.24. The fourth-order valence-corrected chi connectivity index (χ4v) is 3.96. The van der Waals surface area contributed by atoms with Gasteiger partial charge in [-0.05, 0) is 31.9 Å². The first-order chi connectivity index (χ1) is 12.3. The molecule has 1 saturated heterocycles. The summed E-state index contributed by atoms with van der Waals surface area (Å²) in [6.45, 7) is 5.94. The quantitative estimate of drug-likeness (QED) is 0.617. The summed E-state index contributed by atoms with van der Waals surface area (Å²) in [5, 5.41) is 6.88. The van der Waals surface area contributed by atoms with Crippen molar-refractivity contribution in [2.24, 2.45) is 4.99 Å². The van der Waals surface area contributed by atoms with Crippen molar-refractivity contribution >= 4 is 17.3 Å². The highest BCUT2D eigenvalue weighted by molar-refractivity contribution is 7.09. The van der Waals surface area contributed by atoms with Gasteiger partial charge in [0.2, 0.25) is 0 Å². The molecular formula is C19H27N5S. The van der Waals surface area contributed by atoms with Crippen LogP contribution in [0.3, 0.4) is 0 Å². The van der Waals surface area contributed by atoms with Gasteiger partial charge in [-0.1, -0.05) is 30.3 Å². The summed E-state index contributed by atoms with van der Waals surface area (Å²) < 4.78 is 0.